The molecule has 0 saturated heterocycles. The lowest BCUT2D eigenvalue weighted by Crippen LogP contribution is -2.13. The Hall–Kier alpha value is -11.4. The van der Waals surface area contributed by atoms with Gasteiger partial charge in [-0.1, -0.05) is 158 Å². The summed E-state index contributed by atoms with van der Waals surface area (Å²) in [6.45, 7) is 0. The molecule has 0 saturated carbocycles. The maximum atomic E-state index is 13.6. The highest BCUT2D eigenvalue weighted by Gasteiger charge is 2.68. The molecule has 4 heterocycles. The van der Waals surface area contributed by atoms with Gasteiger partial charge in [-0.15, -0.1) is 20.4 Å². The third-order valence-electron chi connectivity index (χ3n) is 13.2. The number of hydrogen-bond acceptors (Lipinski definition) is 16. The van der Waals surface area contributed by atoms with E-state index < -0.39 is 108 Å². The number of anilines is 4. The molecule has 20 nitrogen and oxygen atoms in total. The summed E-state index contributed by atoms with van der Waals surface area (Å²) in [5.74, 6) is -5.27. The van der Waals surface area contributed by atoms with Gasteiger partial charge in [0, 0.05) is 38.4 Å². The molecule has 0 atom stereocenters. The largest absolute Gasteiger partial charge is 0.403 e. The lowest BCUT2D eigenvalue weighted by Gasteiger charge is -2.40. The van der Waals surface area contributed by atoms with Crippen LogP contribution in [0.25, 0.3) is 45.8 Å². The third-order valence-corrected chi connectivity index (χ3v) is 18.4. The Morgan fingerprint density at radius 3 is 0.880 bits per heavy atom. The van der Waals surface area contributed by atoms with Crippen molar-refractivity contribution >= 4 is 112 Å². The maximum Gasteiger partial charge on any atom is 0.322 e. The zero-order valence-electron chi connectivity index (χ0n) is 52.0. The average Bonchev–Trinajstić information content (AvgIpc) is 1.36. The Balaban J connectivity index is 0.000000166. The molecule has 12 rings (SSSR count). The van der Waals surface area contributed by atoms with Crippen LogP contribution in [0, 0.1) is 11.6 Å². The SMILES string of the molecule is O=C(Nc1nnc(-c2cccc(Cl)c2)o1)c1ccc(S(F)(F)(F)(F)F)cc1.O=C(Nc1nnc(-c2cccc(F)c2)o1)c1ccc(S(F)(F)(F)(F)F)cc1.O=C(Nc1nnc(-c2ccccc2Cl)o1)c1ccc(S(F)(F)(F)(F)F)cc1.O=C(Nc1nnc(-c2ccccc2F)o1)c1ccc(S(F)(F)(F)(F)F)cc1. The summed E-state index contributed by atoms with van der Waals surface area (Å²) >= 11 is 11.8. The van der Waals surface area contributed by atoms with Crippen molar-refractivity contribution in [3.05, 3.63) is 238 Å². The second-order valence-electron chi connectivity index (χ2n) is 21.4. The van der Waals surface area contributed by atoms with Gasteiger partial charge in [0.25, 0.3) is 35.4 Å². The number of amides is 4. The Morgan fingerprint density at radius 2 is 0.574 bits per heavy atom. The van der Waals surface area contributed by atoms with Gasteiger partial charge in [-0.3, -0.25) is 40.4 Å². The fourth-order valence-electron chi connectivity index (χ4n) is 8.19. The van der Waals surface area contributed by atoms with Crippen LogP contribution in [0.15, 0.2) is 231 Å². The van der Waals surface area contributed by atoms with Crippen LogP contribution in [0.1, 0.15) is 41.4 Å². The first-order valence-corrected chi connectivity index (χ1v) is 36.8. The van der Waals surface area contributed by atoms with Crippen molar-refractivity contribution in [1.29, 1.82) is 0 Å². The molecule has 0 aliphatic carbocycles. The fraction of sp³-hybridized carbons (Fsp3) is 0. The number of benzene rings is 8. The number of halogens is 24. The summed E-state index contributed by atoms with van der Waals surface area (Å²) < 4.78 is 301. The number of rotatable bonds is 16. The van der Waals surface area contributed by atoms with Crippen LogP contribution in [0.2, 0.25) is 10.0 Å². The first-order chi connectivity index (χ1) is 49.3. The summed E-state index contributed by atoms with van der Waals surface area (Å²) in [4.78, 5) is 39.6. The van der Waals surface area contributed by atoms with Crippen molar-refractivity contribution in [2.45, 2.75) is 19.6 Å². The van der Waals surface area contributed by atoms with Crippen LogP contribution in [-0.4, -0.2) is 64.4 Å². The van der Waals surface area contributed by atoms with Gasteiger partial charge in [0.05, 0.1) is 16.1 Å². The van der Waals surface area contributed by atoms with Crippen molar-refractivity contribution in [1.82, 2.24) is 40.8 Å². The smallest absolute Gasteiger partial charge is 0.322 e. The summed E-state index contributed by atoms with van der Waals surface area (Å²) in [5.41, 5.74) is -0.198. The van der Waals surface area contributed by atoms with E-state index in [1.54, 1.807) is 48.5 Å². The van der Waals surface area contributed by atoms with E-state index in [0.717, 1.165) is 12.1 Å². The second-order valence-corrected chi connectivity index (χ2v) is 31.9. The lowest BCUT2D eigenvalue weighted by molar-refractivity contribution is 0.101. The molecule has 0 unspecified atom stereocenters. The van der Waals surface area contributed by atoms with Gasteiger partial charge in [-0.25, -0.2) is 8.78 Å². The van der Waals surface area contributed by atoms with Crippen LogP contribution in [0.3, 0.4) is 0 Å². The Labute approximate surface area is 597 Å². The van der Waals surface area contributed by atoms with Crippen LogP contribution >= 0.6 is 64.1 Å². The molecular formula is C60H36Cl2F22N12O8S4. The zero-order valence-corrected chi connectivity index (χ0v) is 56.8. The van der Waals surface area contributed by atoms with Crippen molar-refractivity contribution in [3.63, 3.8) is 0 Å². The molecule has 48 heteroatoms. The minimum atomic E-state index is -9.82. The summed E-state index contributed by atoms with van der Waals surface area (Å²) in [6, 6.07) is 27.9. The molecule has 0 aliphatic rings. The van der Waals surface area contributed by atoms with E-state index in [4.69, 9.17) is 40.9 Å². The summed E-state index contributed by atoms with van der Waals surface area (Å²) in [6.07, 6.45) is 0. The molecular weight excluding hydrogens is 1630 g/mol. The van der Waals surface area contributed by atoms with Crippen LogP contribution in [0.5, 0.6) is 0 Å². The molecule has 0 spiro atoms. The van der Waals surface area contributed by atoms with Crippen molar-refractivity contribution in [3.8, 4) is 45.8 Å². The van der Waals surface area contributed by atoms with E-state index in [0.29, 0.717) is 69.7 Å². The van der Waals surface area contributed by atoms with Crippen LogP contribution in [0.4, 0.5) is 111 Å². The summed E-state index contributed by atoms with van der Waals surface area (Å²) in [5, 5.41) is 37.9. The molecule has 0 fully saturated rings. The number of hydrogen-bond donors (Lipinski definition) is 4. The van der Waals surface area contributed by atoms with Gasteiger partial charge in [0.2, 0.25) is 11.8 Å². The number of nitrogens with one attached hydrogen (secondary N) is 4. The minimum absolute atomic E-state index is 0.00663. The molecule has 12 aromatic rings. The van der Waals surface area contributed by atoms with Crippen molar-refractivity contribution in [2.75, 3.05) is 21.3 Å². The molecule has 4 aromatic heterocycles. The molecule has 0 radical (unpaired) electrons. The van der Waals surface area contributed by atoms with Gasteiger partial charge in [0.1, 0.15) is 31.2 Å². The lowest BCUT2D eigenvalue weighted by atomic mass is 10.2. The average molecular weight is 1670 g/mol. The second kappa shape index (κ2) is 26.3. The summed E-state index contributed by atoms with van der Waals surface area (Å²) in [7, 11) is -39.2. The van der Waals surface area contributed by atoms with Crippen molar-refractivity contribution < 1.29 is 123 Å². The van der Waals surface area contributed by atoms with Gasteiger partial charge in [-0.05, 0) is 158 Å². The first-order valence-electron chi connectivity index (χ1n) is 28.3. The molecule has 8 aromatic carbocycles. The quantitative estimate of drug-likeness (QED) is 0.0655. The Bertz CT molecular complexity index is 5100. The molecule has 0 bridgehead atoms. The first kappa shape index (κ1) is 80.7. The van der Waals surface area contributed by atoms with Crippen molar-refractivity contribution in [2.24, 2.45) is 0 Å². The van der Waals surface area contributed by atoms with E-state index >= 15 is 0 Å². The maximum absolute atomic E-state index is 13.6. The standard InChI is InChI=1S/2C15H9ClF5N3O2S.2C15H9F6N3O2S/c16-11-3-1-2-10(8-11)14-23-24-15(26-14)22-13(25)9-4-6-12(7-5-9)27(17,18,19,20)21;16-12-4-2-1-3-11(12)14-23-24-15(26-14)22-13(25)9-5-7-10(8-6-9)27(17,18,19,20)21;16-11-3-1-2-10(8-11)14-23-24-15(26-14)22-13(25)9-4-6-12(7-5-9)27(17,18,19,20)21;16-12-4-2-1-3-11(12)14-23-24-15(26-14)22-13(25)9-5-7-10(8-6-9)27(17,18,19,20)21/h4*1-8H,(H,22,24,25). The van der Waals surface area contributed by atoms with E-state index in [2.05, 4.69) is 62.1 Å². The number of aromatic nitrogens is 8. The number of nitrogens with zero attached hydrogens (tertiary/aromatic N) is 8. The highest BCUT2D eigenvalue weighted by Crippen LogP contribution is 3.04. The molecule has 4 amide bonds. The third kappa shape index (κ3) is 21.9. The van der Waals surface area contributed by atoms with Gasteiger partial charge < -0.3 is 17.7 Å². The molecule has 108 heavy (non-hydrogen) atoms. The van der Waals surface area contributed by atoms with E-state index in [1.807, 2.05) is 0 Å². The predicted molar refractivity (Wildman–Crippen MR) is 352 cm³/mol. The van der Waals surface area contributed by atoms with E-state index in [1.165, 1.54) is 36.4 Å². The monoisotopic (exact) mass is 1670 g/mol. The van der Waals surface area contributed by atoms with E-state index in [-0.39, 0.29) is 118 Å². The topological polar surface area (TPSA) is 272 Å². The van der Waals surface area contributed by atoms with Gasteiger partial charge in [-0.2, -0.15) is 0 Å². The molecule has 0 aliphatic heterocycles. The van der Waals surface area contributed by atoms with E-state index in [9.17, 15) is 106 Å². The highest BCUT2D eigenvalue weighted by atomic mass is 35.5. The van der Waals surface area contributed by atoms with Crippen LogP contribution in [-0.2, 0) is 0 Å². The Morgan fingerprint density at radius 1 is 0.296 bits per heavy atom. The highest BCUT2D eigenvalue weighted by molar-refractivity contribution is 8.46. The van der Waals surface area contributed by atoms with Crippen LogP contribution < -0.4 is 21.3 Å². The molecule has 4 N–H and O–H groups in total. The minimum Gasteiger partial charge on any atom is -0.403 e. The number of carbonyl (C=O) groups excluding carboxylic acids is 4. The normalized spacial score (nSPS) is 14.3. The van der Waals surface area contributed by atoms with Gasteiger partial charge in [0.15, 0.2) is 0 Å². The van der Waals surface area contributed by atoms with Gasteiger partial charge >= 0.3 is 65.0 Å². The predicted octanol–water partition coefficient (Wildman–Crippen LogP) is 24.2. The fourth-order valence-corrected chi connectivity index (χ4v) is 11.2. The number of carbonyl (C=O) groups is 4. The zero-order chi connectivity index (χ0) is 79.7. The molecule has 576 valence electrons. The Kier molecular flexibility index (Phi) is 19.6.